The lowest BCUT2D eigenvalue weighted by Crippen LogP contribution is -2.39. The first-order valence-electron chi connectivity index (χ1n) is 8.07. The van der Waals surface area contributed by atoms with E-state index in [-0.39, 0.29) is 6.54 Å². The average Bonchev–Trinajstić information content (AvgIpc) is 3.15. The molecule has 2 aromatic heterocycles. The summed E-state index contributed by atoms with van der Waals surface area (Å²) in [6, 6.07) is 9.12. The van der Waals surface area contributed by atoms with E-state index in [1.54, 1.807) is 23.7 Å². The Morgan fingerprint density at radius 2 is 2.08 bits per heavy atom. The Kier molecular flexibility index (Phi) is 7.83. The molecule has 2 rings (SSSR count). The van der Waals surface area contributed by atoms with Crippen LogP contribution in [0.25, 0.3) is 0 Å². The molecule has 0 aliphatic rings. The lowest BCUT2D eigenvalue weighted by atomic mass is 10.3. The summed E-state index contributed by atoms with van der Waals surface area (Å²) in [5, 5.41) is 8.09. The van der Waals surface area contributed by atoms with E-state index in [1.807, 2.05) is 25.1 Å². The van der Waals surface area contributed by atoms with E-state index in [9.17, 15) is 8.42 Å². The molecule has 0 atom stereocenters. The molecule has 0 aliphatic carbocycles. The van der Waals surface area contributed by atoms with Crippen LogP contribution < -0.4 is 15.4 Å². The van der Waals surface area contributed by atoms with Gasteiger partial charge in [0.2, 0.25) is 10.0 Å². The molecule has 3 N–H and O–H groups in total. The van der Waals surface area contributed by atoms with Gasteiger partial charge in [-0.25, -0.2) is 13.1 Å². The molecule has 7 nitrogen and oxygen atoms in total. The van der Waals surface area contributed by atoms with Crippen LogP contribution in [-0.2, 0) is 16.4 Å². The zero-order chi connectivity index (χ0) is 18.0. The van der Waals surface area contributed by atoms with Crippen molar-refractivity contribution in [3.05, 3.63) is 47.6 Å². The van der Waals surface area contributed by atoms with Gasteiger partial charge in [0.1, 0.15) is 4.21 Å². The Labute approximate surface area is 152 Å². The van der Waals surface area contributed by atoms with Crippen LogP contribution in [0.4, 0.5) is 0 Å². The number of nitrogens with zero attached hydrogens (tertiary/aromatic N) is 2. The Balaban J connectivity index is 1.77. The Bertz CT molecular complexity index is 746. The topological polar surface area (TPSA) is 95.5 Å². The van der Waals surface area contributed by atoms with Crippen molar-refractivity contribution < 1.29 is 8.42 Å². The third-order valence-corrected chi connectivity index (χ3v) is 6.04. The minimum absolute atomic E-state index is 0.247. The van der Waals surface area contributed by atoms with Gasteiger partial charge in [-0.2, -0.15) is 0 Å². The summed E-state index contributed by atoms with van der Waals surface area (Å²) in [4.78, 5) is 8.65. The standard InChI is InChI=1S/C16H23N5O2S2/c1-2-17-16(19-10-8-14-6-3-4-9-18-14)20-11-12-21-25(22,23)15-7-5-13-24-15/h3-7,9,13,21H,2,8,10-12H2,1H3,(H2,17,19,20). The van der Waals surface area contributed by atoms with Gasteiger partial charge in [-0.05, 0) is 30.5 Å². The number of thiophene rings is 1. The lowest BCUT2D eigenvalue weighted by molar-refractivity contribution is 0.584. The maximum absolute atomic E-state index is 12.0. The van der Waals surface area contributed by atoms with Gasteiger partial charge in [-0.1, -0.05) is 12.1 Å². The molecule has 0 saturated heterocycles. The van der Waals surface area contributed by atoms with E-state index >= 15 is 0 Å². The molecule has 0 saturated carbocycles. The van der Waals surface area contributed by atoms with Crippen LogP contribution in [0.3, 0.4) is 0 Å². The third kappa shape index (κ3) is 6.81. The highest BCUT2D eigenvalue weighted by atomic mass is 32.2. The summed E-state index contributed by atoms with van der Waals surface area (Å²) >= 11 is 1.19. The van der Waals surface area contributed by atoms with Crippen LogP contribution in [0, 0.1) is 0 Å². The Hall–Kier alpha value is -1.97. The average molecular weight is 382 g/mol. The summed E-state index contributed by atoms with van der Waals surface area (Å²) in [5.74, 6) is 0.661. The number of guanidine groups is 1. The Morgan fingerprint density at radius 3 is 2.76 bits per heavy atom. The predicted octanol–water partition coefficient (Wildman–Crippen LogP) is 1.22. The van der Waals surface area contributed by atoms with Crippen molar-refractivity contribution in [2.45, 2.75) is 17.6 Å². The normalized spacial score (nSPS) is 12.1. The van der Waals surface area contributed by atoms with Crippen molar-refractivity contribution in [1.82, 2.24) is 20.3 Å². The second-order valence-corrected chi connectivity index (χ2v) is 8.03. The number of rotatable bonds is 9. The fraction of sp³-hybridized carbons (Fsp3) is 0.375. The summed E-state index contributed by atoms with van der Waals surface area (Å²) in [5.41, 5.74) is 1.01. The molecular weight excluding hydrogens is 358 g/mol. The highest BCUT2D eigenvalue weighted by Gasteiger charge is 2.13. The minimum atomic E-state index is -3.43. The largest absolute Gasteiger partial charge is 0.357 e. The van der Waals surface area contributed by atoms with Crippen molar-refractivity contribution in [1.29, 1.82) is 0 Å². The first kappa shape index (κ1) is 19.4. The van der Waals surface area contributed by atoms with Crippen molar-refractivity contribution >= 4 is 27.3 Å². The summed E-state index contributed by atoms with van der Waals surface area (Å²) in [6.45, 7) is 4.01. The van der Waals surface area contributed by atoms with Gasteiger partial charge in [0.25, 0.3) is 0 Å². The fourth-order valence-corrected chi connectivity index (χ4v) is 4.09. The van der Waals surface area contributed by atoms with E-state index in [4.69, 9.17) is 0 Å². The first-order chi connectivity index (χ1) is 12.1. The van der Waals surface area contributed by atoms with E-state index in [2.05, 4.69) is 25.3 Å². The predicted molar refractivity (Wildman–Crippen MR) is 101 cm³/mol. The van der Waals surface area contributed by atoms with E-state index in [0.29, 0.717) is 23.3 Å². The molecule has 0 bridgehead atoms. The van der Waals surface area contributed by atoms with Crippen LogP contribution >= 0.6 is 11.3 Å². The molecule has 0 unspecified atom stereocenters. The van der Waals surface area contributed by atoms with Crippen molar-refractivity contribution in [2.24, 2.45) is 4.99 Å². The van der Waals surface area contributed by atoms with Gasteiger partial charge in [0, 0.05) is 37.9 Å². The SMILES string of the molecule is CCNC(=NCCNS(=O)(=O)c1cccs1)NCCc1ccccn1. The number of hydrogen-bond donors (Lipinski definition) is 3. The molecule has 0 fully saturated rings. The fourth-order valence-electron chi connectivity index (χ4n) is 2.03. The Morgan fingerprint density at radius 1 is 1.20 bits per heavy atom. The first-order valence-corrected chi connectivity index (χ1v) is 10.4. The molecule has 25 heavy (non-hydrogen) atoms. The summed E-state index contributed by atoms with van der Waals surface area (Å²) in [6.07, 6.45) is 2.56. The highest BCUT2D eigenvalue weighted by molar-refractivity contribution is 7.91. The smallest absolute Gasteiger partial charge is 0.250 e. The lowest BCUT2D eigenvalue weighted by Gasteiger charge is -2.11. The molecule has 2 aromatic rings. The van der Waals surface area contributed by atoms with Crippen LogP contribution in [0.2, 0.25) is 0 Å². The van der Waals surface area contributed by atoms with E-state index in [1.165, 1.54) is 11.3 Å². The number of sulfonamides is 1. The maximum atomic E-state index is 12.0. The zero-order valence-corrected chi connectivity index (χ0v) is 15.7. The number of pyridine rings is 1. The molecule has 9 heteroatoms. The molecule has 0 aromatic carbocycles. The van der Waals surface area contributed by atoms with Gasteiger partial charge >= 0.3 is 0 Å². The maximum Gasteiger partial charge on any atom is 0.250 e. The summed E-state index contributed by atoms with van der Waals surface area (Å²) < 4.78 is 26.9. The molecule has 0 spiro atoms. The quantitative estimate of drug-likeness (QED) is 0.345. The van der Waals surface area contributed by atoms with Crippen molar-refractivity contribution in [3.8, 4) is 0 Å². The van der Waals surface area contributed by atoms with Gasteiger partial charge < -0.3 is 10.6 Å². The van der Waals surface area contributed by atoms with Crippen molar-refractivity contribution in [2.75, 3.05) is 26.2 Å². The summed E-state index contributed by atoms with van der Waals surface area (Å²) in [7, 11) is -3.43. The molecular formula is C16H23N5O2S2. The van der Waals surface area contributed by atoms with Crippen LogP contribution in [-0.4, -0.2) is 45.5 Å². The number of nitrogens with one attached hydrogen (secondary N) is 3. The van der Waals surface area contributed by atoms with Gasteiger partial charge in [0.05, 0.1) is 6.54 Å². The minimum Gasteiger partial charge on any atom is -0.357 e. The van der Waals surface area contributed by atoms with Crippen LogP contribution in [0.15, 0.2) is 51.1 Å². The second-order valence-electron chi connectivity index (χ2n) is 5.09. The van der Waals surface area contributed by atoms with Crippen LogP contribution in [0.5, 0.6) is 0 Å². The second kappa shape index (κ2) is 10.1. The highest BCUT2D eigenvalue weighted by Crippen LogP contribution is 2.14. The third-order valence-electron chi connectivity index (χ3n) is 3.18. The molecule has 2 heterocycles. The van der Waals surface area contributed by atoms with E-state index < -0.39 is 10.0 Å². The number of hydrogen-bond acceptors (Lipinski definition) is 5. The molecule has 0 amide bonds. The van der Waals surface area contributed by atoms with E-state index in [0.717, 1.165) is 18.7 Å². The molecule has 0 aliphatic heterocycles. The number of aromatic nitrogens is 1. The molecule has 136 valence electrons. The van der Waals surface area contributed by atoms with Gasteiger partial charge in [0.15, 0.2) is 5.96 Å². The number of aliphatic imine (C=N–C) groups is 1. The van der Waals surface area contributed by atoms with Gasteiger partial charge in [-0.15, -0.1) is 11.3 Å². The molecule has 0 radical (unpaired) electrons. The monoisotopic (exact) mass is 381 g/mol. The zero-order valence-electron chi connectivity index (χ0n) is 14.1. The van der Waals surface area contributed by atoms with Crippen LogP contribution in [0.1, 0.15) is 12.6 Å². The van der Waals surface area contributed by atoms with Gasteiger partial charge in [-0.3, -0.25) is 9.98 Å². The van der Waals surface area contributed by atoms with Crippen molar-refractivity contribution in [3.63, 3.8) is 0 Å².